The molecule has 10 aromatic rings. The molecule has 4 aromatic heterocycles. The van der Waals surface area contributed by atoms with E-state index in [9.17, 15) is 0 Å². The summed E-state index contributed by atoms with van der Waals surface area (Å²) in [5, 5.41) is 5.03. The Morgan fingerprint density at radius 2 is 1.00 bits per heavy atom. The van der Waals surface area contributed by atoms with E-state index in [0.717, 1.165) is 58.8 Å². The molecule has 0 aliphatic carbocycles. The second-order valence-corrected chi connectivity index (χ2v) is 16.5. The molecule has 0 aliphatic heterocycles. The van der Waals surface area contributed by atoms with Crippen molar-refractivity contribution in [1.29, 1.82) is 0 Å². The predicted molar refractivity (Wildman–Crippen MR) is 244 cm³/mol. The van der Waals surface area contributed by atoms with Crippen molar-refractivity contribution in [3.63, 3.8) is 0 Å². The molecule has 4 heterocycles. The predicted octanol–water partition coefficient (Wildman–Crippen LogP) is 14.3. The molecule has 0 spiro atoms. The Hall–Kier alpha value is -6.78. The van der Waals surface area contributed by atoms with Gasteiger partial charge in [0, 0.05) is 55.8 Å². The number of hydrogen-bond donors (Lipinski definition) is 0. The fourth-order valence-electron chi connectivity index (χ4n) is 8.95. The van der Waals surface area contributed by atoms with Gasteiger partial charge in [0.05, 0.1) is 39.1 Å². The number of pyridine rings is 2. The quantitative estimate of drug-likeness (QED) is 0.155. The lowest BCUT2D eigenvalue weighted by molar-refractivity contribution is 0.591. The number of aromatic nitrogens is 4. The summed E-state index contributed by atoms with van der Waals surface area (Å²) >= 11 is 0. The summed E-state index contributed by atoms with van der Waals surface area (Å²) in [5.74, 6) is 0. The second kappa shape index (κ2) is 14.3. The summed E-state index contributed by atoms with van der Waals surface area (Å²) in [7, 11) is 0. The Balaban J connectivity index is 1.09. The van der Waals surface area contributed by atoms with Crippen LogP contribution in [0.3, 0.4) is 0 Å². The highest BCUT2D eigenvalue weighted by atomic mass is 15.0. The van der Waals surface area contributed by atoms with Crippen LogP contribution in [0.25, 0.3) is 88.8 Å². The van der Waals surface area contributed by atoms with Crippen LogP contribution in [0.1, 0.15) is 51.7 Å². The van der Waals surface area contributed by atoms with E-state index in [0.29, 0.717) is 0 Å². The van der Waals surface area contributed by atoms with Gasteiger partial charge in [-0.1, -0.05) is 125 Å². The summed E-state index contributed by atoms with van der Waals surface area (Å²) in [6.07, 6.45) is 5.19. The minimum Gasteiger partial charge on any atom is -0.309 e. The number of rotatable bonds is 8. The van der Waals surface area contributed by atoms with E-state index in [1.807, 2.05) is 6.20 Å². The molecular formula is C54H46N4. The van der Waals surface area contributed by atoms with E-state index < -0.39 is 0 Å². The molecule has 4 nitrogen and oxygen atoms in total. The van der Waals surface area contributed by atoms with E-state index in [-0.39, 0.29) is 5.41 Å². The maximum absolute atomic E-state index is 5.43. The maximum Gasteiger partial charge on any atom is 0.0713 e. The molecule has 0 fully saturated rings. The molecule has 0 atom stereocenters. The van der Waals surface area contributed by atoms with E-state index in [2.05, 4.69) is 201 Å². The summed E-state index contributed by atoms with van der Waals surface area (Å²) in [5.41, 5.74) is 15.8. The third-order valence-corrected chi connectivity index (χ3v) is 11.7. The molecule has 0 radical (unpaired) electrons. The number of aryl methyl sites for hydroxylation is 1. The van der Waals surface area contributed by atoms with Gasteiger partial charge in [0.2, 0.25) is 0 Å². The minimum absolute atomic E-state index is 0.0908. The van der Waals surface area contributed by atoms with Crippen LogP contribution in [0.4, 0.5) is 0 Å². The first kappa shape index (κ1) is 35.6. The molecule has 0 aliphatic rings. The zero-order chi connectivity index (χ0) is 39.4. The van der Waals surface area contributed by atoms with Crippen molar-refractivity contribution in [2.24, 2.45) is 0 Å². The topological polar surface area (TPSA) is 35.6 Å². The van der Waals surface area contributed by atoms with Gasteiger partial charge in [0.1, 0.15) is 0 Å². The fraction of sp³-hybridized carbons (Fsp3) is 0.148. The molecule has 4 heteroatoms. The first-order valence-electron chi connectivity index (χ1n) is 20.6. The summed E-state index contributed by atoms with van der Waals surface area (Å²) in [6.45, 7) is 9.12. The van der Waals surface area contributed by atoms with Crippen LogP contribution in [-0.2, 0) is 11.8 Å². The summed E-state index contributed by atoms with van der Waals surface area (Å²) < 4.78 is 4.79. The Morgan fingerprint density at radius 3 is 1.55 bits per heavy atom. The van der Waals surface area contributed by atoms with Gasteiger partial charge in [-0.15, -0.1) is 0 Å². The highest BCUT2D eigenvalue weighted by Gasteiger charge is 2.22. The molecule has 0 amide bonds. The van der Waals surface area contributed by atoms with E-state index in [4.69, 9.17) is 9.97 Å². The first-order valence-corrected chi connectivity index (χ1v) is 20.6. The van der Waals surface area contributed by atoms with Gasteiger partial charge in [-0.25, -0.2) is 4.98 Å². The molecule has 0 unspecified atom stereocenters. The van der Waals surface area contributed by atoms with Gasteiger partial charge >= 0.3 is 0 Å². The van der Waals surface area contributed by atoms with Crippen LogP contribution >= 0.6 is 0 Å². The van der Waals surface area contributed by atoms with E-state index in [1.165, 1.54) is 60.3 Å². The number of hydrogen-bond acceptors (Lipinski definition) is 2. The maximum atomic E-state index is 5.43. The average molecular weight is 751 g/mol. The first-order chi connectivity index (χ1) is 28.4. The zero-order valence-electron chi connectivity index (χ0n) is 33.6. The molecule has 6 aromatic carbocycles. The smallest absolute Gasteiger partial charge is 0.0713 e. The highest BCUT2D eigenvalue weighted by molar-refractivity contribution is 6.10. The molecule has 58 heavy (non-hydrogen) atoms. The van der Waals surface area contributed by atoms with Crippen LogP contribution in [0, 0.1) is 0 Å². The largest absolute Gasteiger partial charge is 0.309 e. The fourth-order valence-corrected chi connectivity index (χ4v) is 8.95. The van der Waals surface area contributed by atoms with Crippen LogP contribution < -0.4 is 0 Å². The van der Waals surface area contributed by atoms with Crippen molar-refractivity contribution in [1.82, 2.24) is 19.1 Å². The average Bonchev–Trinajstić information content (AvgIpc) is 3.78. The van der Waals surface area contributed by atoms with Gasteiger partial charge in [-0.05, 0) is 102 Å². The van der Waals surface area contributed by atoms with Crippen molar-refractivity contribution in [3.8, 4) is 45.1 Å². The molecular weight excluding hydrogens is 705 g/mol. The summed E-state index contributed by atoms with van der Waals surface area (Å²) in [6, 6.07) is 59.4. The zero-order valence-corrected chi connectivity index (χ0v) is 33.6. The van der Waals surface area contributed by atoms with Crippen LogP contribution in [0.2, 0.25) is 0 Å². The lowest BCUT2D eigenvalue weighted by Gasteiger charge is -2.24. The molecule has 0 saturated heterocycles. The monoisotopic (exact) mass is 750 g/mol. The van der Waals surface area contributed by atoms with E-state index in [1.54, 1.807) is 0 Å². The molecule has 0 bridgehead atoms. The van der Waals surface area contributed by atoms with Crippen molar-refractivity contribution in [3.05, 3.63) is 181 Å². The van der Waals surface area contributed by atoms with Crippen LogP contribution in [0.15, 0.2) is 170 Å². The number of benzene rings is 6. The number of fused-ring (bicyclic) bond motifs is 6. The normalized spacial score (nSPS) is 12.0. The lowest BCUT2D eigenvalue weighted by Crippen LogP contribution is -2.13. The lowest BCUT2D eigenvalue weighted by atomic mass is 9.82. The Bertz CT molecular complexity index is 3050. The van der Waals surface area contributed by atoms with Gasteiger partial charge in [-0.3, -0.25) is 4.98 Å². The molecule has 0 N–H and O–H groups in total. The number of nitrogens with zero attached hydrogens (tertiary/aromatic N) is 4. The van der Waals surface area contributed by atoms with Gasteiger partial charge < -0.3 is 9.13 Å². The second-order valence-electron chi connectivity index (χ2n) is 16.5. The van der Waals surface area contributed by atoms with Crippen LogP contribution in [0.5, 0.6) is 0 Å². The molecule has 282 valence electrons. The number of para-hydroxylation sites is 4. The van der Waals surface area contributed by atoms with Crippen molar-refractivity contribution >= 4 is 43.6 Å². The SMILES string of the molecule is CCCCc1ccc(-n2c3ccccc3c3ccccc32)cc1-c1cc(-c2cccc(-c3cc(-n4c5ccccc5c5ccccc54)ccc3C(C)(C)C)n2)ccn1. The third kappa shape index (κ3) is 6.08. The van der Waals surface area contributed by atoms with Gasteiger partial charge in [0.15, 0.2) is 0 Å². The summed E-state index contributed by atoms with van der Waals surface area (Å²) in [4.78, 5) is 10.5. The van der Waals surface area contributed by atoms with Gasteiger partial charge in [0.25, 0.3) is 0 Å². The standard InChI is InChI=1S/C54H46N4/c1-5-6-16-36-27-28-38(57-50-23-11-7-17-40(50)41-18-8-12-24-51(41)57)34-44(36)49-33-37(31-32-55-49)47-21-15-22-48(56-47)45-35-39(29-30-46(45)54(2,3)4)58-52-25-13-9-19-42(52)43-20-10-14-26-53(43)58/h7-15,17-35H,5-6,16H2,1-4H3. The molecule has 0 saturated carbocycles. The van der Waals surface area contributed by atoms with Crippen molar-refractivity contribution in [2.75, 3.05) is 0 Å². The van der Waals surface area contributed by atoms with Gasteiger partial charge in [-0.2, -0.15) is 0 Å². The molecule has 10 rings (SSSR count). The Labute approximate surface area is 340 Å². The van der Waals surface area contributed by atoms with Crippen LogP contribution in [-0.4, -0.2) is 19.1 Å². The Kier molecular flexibility index (Phi) is 8.79. The third-order valence-electron chi connectivity index (χ3n) is 11.7. The Morgan fingerprint density at radius 1 is 0.483 bits per heavy atom. The number of unbranched alkanes of at least 4 members (excludes halogenated alkanes) is 1. The van der Waals surface area contributed by atoms with Crippen molar-refractivity contribution < 1.29 is 0 Å². The van der Waals surface area contributed by atoms with Crippen molar-refractivity contribution in [2.45, 2.75) is 52.4 Å². The minimum atomic E-state index is -0.0908. The van der Waals surface area contributed by atoms with E-state index >= 15 is 0 Å². The highest BCUT2D eigenvalue weighted by Crippen LogP contribution is 2.39.